The van der Waals surface area contributed by atoms with Crippen LogP contribution in [0, 0.1) is 0 Å². The van der Waals surface area contributed by atoms with Gasteiger partial charge in [0, 0.05) is 20.3 Å². The number of rotatable bonds is 9. The molecule has 0 saturated carbocycles. The lowest BCUT2D eigenvalue weighted by Gasteiger charge is -2.20. The molecule has 0 aliphatic carbocycles. The van der Waals surface area contributed by atoms with Crippen LogP contribution in [-0.4, -0.2) is 39.8 Å². The maximum absolute atomic E-state index is 12.5. The molecule has 0 atom stereocenters. The fourth-order valence-corrected chi connectivity index (χ4v) is 2.09. The largest absolute Gasteiger partial charge is 0.488 e. The van der Waals surface area contributed by atoms with E-state index in [-0.39, 0.29) is 6.61 Å². The SMILES string of the molecule is CCON(C(=O)Oc1cccc(OCC(OC)OC)c1)c1ccccc1. The molecule has 2 aromatic rings. The minimum atomic E-state index is -0.651. The van der Waals surface area contributed by atoms with Crippen molar-refractivity contribution in [2.45, 2.75) is 13.2 Å². The van der Waals surface area contributed by atoms with E-state index in [1.54, 1.807) is 43.3 Å². The molecule has 0 spiro atoms. The summed E-state index contributed by atoms with van der Waals surface area (Å²) in [5.74, 6) is 0.858. The van der Waals surface area contributed by atoms with Gasteiger partial charge in [-0.3, -0.25) is 4.84 Å². The van der Waals surface area contributed by atoms with Crippen LogP contribution in [0.15, 0.2) is 54.6 Å². The lowest BCUT2D eigenvalue weighted by molar-refractivity contribution is -0.121. The smallest absolute Gasteiger partial charge is 0.444 e. The summed E-state index contributed by atoms with van der Waals surface area (Å²) in [5.41, 5.74) is 0.579. The van der Waals surface area contributed by atoms with Gasteiger partial charge in [0.05, 0.1) is 12.3 Å². The van der Waals surface area contributed by atoms with Crippen LogP contribution >= 0.6 is 0 Å². The monoisotopic (exact) mass is 361 g/mol. The molecule has 0 saturated heterocycles. The van der Waals surface area contributed by atoms with E-state index in [2.05, 4.69) is 0 Å². The second kappa shape index (κ2) is 10.4. The molecule has 1 amide bonds. The summed E-state index contributed by atoms with van der Waals surface area (Å²) in [6.45, 7) is 2.32. The molecule has 7 heteroatoms. The molecule has 0 bridgehead atoms. The number of anilines is 1. The van der Waals surface area contributed by atoms with Gasteiger partial charge in [0.1, 0.15) is 18.1 Å². The van der Waals surface area contributed by atoms with Gasteiger partial charge in [-0.1, -0.05) is 24.3 Å². The number of nitrogens with zero attached hydrogens (tertiary/aromatic N) is 1. The Morgan fingerprint density at radius 3 is 2.35 bits per heavy atom. The maximum atomic E-state index is 12.5. The number of benzene rings is 2. The Kier molecular flexibility index (Phi) is 7.88. The van der Waals surface area contributed by atoms with Crippen LogP contribution in [0.25, 0.3) is 0 Å². The highest BCUT2D eigenvalue weighted by atomic mass is 16.7. The summed E-state index contributed by atoms with van der Waals surface area (Å²) in [5, 5.41) is 1.11. The molecule has 0 aromatic heterocycles. The van der Waals surface area contributed by atoms with E-state index in [4.69, 9.17) is 23.8 Å². The Balaban J connectivity index is 2.04. The van der Waals surface area contributed by atoms with Gasteiger partial charge in [-0.05, 0) is 31.2 Å². The zero-order valence-electron chi connectivity index (χ0n) is 15.1. The number of amides is 1. The Morgan fingerprint density at radius 1 is 1.00 bits per heavy atom. The van der Waals surface area contributed by atoms with E-state index in [0.29, 0.717) is 23.8 Å². The Bertz CT molecular complexity index is 675. The second-order valence-electron chi connectivity index (χ2n) is 5.10. The van der Waals surface area contributed by atoms with Gasteiger partial charge in [-0.15, -0.1) is 0 Å². The standard InChI is InChI=1S/C19H23NO6/c1-4-25-20(15-9-6-5-7-10-15)19(21)26-17-12-8-11-16(13-17)24-14-18(22-2)23-3/h5-13,18H,4,14H2,1-3H3. The summed E-state index contributed by atoms with van der Waals surface area (Å²) >= 11 is 0. The predicted octanol–water partition coefficient (Wildman–Crippen LogP) is 3.64. The minimum absolute atomic E-state index is 0.208. The molecule has 0 aliphatic rings. The van der Waals surface area contributed by atoms with Crippen molar-refractivity contribution in [2.24, 2.45) is 0 Å². The fourth-order valence-electron chi connectivity index (χ4n) is 2.09. The number of hydrogen-bond donors (Lipinski definition) is 0. The van der Waals surface area contributed by atoms with Crippen molar-refractivity contribution >= 4 is 11.8 Å². The first-order valence-electron chi connectivity index (χ1n) is 8.16. The lowest BCUT2D eigenvalue weighted by atomic mass is 10.3. The third-order valence-electron chi connectivity index (χ3n) is 3.34. The fraction of sp³-hybridized carbons (Fsp3) is 0.316. The average molecular weight is 361 g/mol. The lowest BCUT2D eigenvalue weighted by Crippen LogP contribution is -2.33. The number of hydrogen-bond acceptors (Lipinski definition) is 6. The normalized spacial score (nSPS) is 10.6. The Morgan fingerprint density at radius 2 is 1.69 bits per heavy atom. The van der Waals surface area contributed by atoms with Gasteiger partial charge >= 0.3 is 6.09 Å². The molecular weight excluding hydrogens is 338 g/mol. The number of carbonyl (C=O) groups is 1. The predicted molar refractivity (Wildman–Crippen MR) is 96.3 cm³/mol. The van der Waals surface area contributed by atoms with Crippen molar-refractivity contribution in [3.63, 3.8) is 0 Å². The van der Waals surface area contributed by atoms with Crippen LogP contribution in [0.4, 0.5) is 10.5 Å². The van der Waals surface area contributed by atoms with Crippen LogP contribution in [0.3, 0.4) is 0 Å². The van der Waals surface area contributed by atoms with Gasteiger partial charge in [0.2, 0.25) is 0 Å². The Labute approximate surface area is 152 Å². The molecule has 2 rings (SSSR count). The summed E-state index contributed by atoms with van der Waals surface area (Å²) < 4.78 is 21.1. The number of carbonyl (C=O) groups excluding carboxylic acids is 1. The van der Waals surface area contributed by atoms with Crippen LogP contribution in [0.2, 0.25) is 0 Å². The van der Waals surface area contributed by atoms with E-state index in [0.717, 1.165) is 5.06 Å². The minimum Gasteiger partial charge on any atom is -0.488 e. The van der Waals surface area contributed by atoms with Crippen LogP contribution in [-0.2, 0) is 14.3 Å². The van der Waals surface area contributed by atoms with Crippen molar-refractivity contribution < 1.29 is 28.6 Å². The van der Waals surface area contributed by atoms with Gasteiger partial charge in [-0.2, -0.15) is 5.06 Å². The second-order valence-corrected chi connectivity index (χ2v) is 5.10. The topological polar surface area (TPSA) is 66.5 Å². The first-order valence-corrected chi connectivity index (χ1v) is 8.16. The quantitative estimate of drug-likeness (QED) is 0.502. The first-order chi connectivity index (χ1) is 12.7. The zero-order chi connectivity index (χ0) is 18.8. The van der Waals surface area contributed by atoms with Crippen LogP contribution in [0.1, 0.15) is 6.92 Å². The number of para-hydroxylation sites is 1. The van der Waals surface area contributed by atoms with Crippen molar-refractivity contribution in [1.29, 1.82) is 0 Å². The van der Waals surface area contributed by atoms with E-state index in [1.807, 2.05) is 18.2 Å². The van der Waals surface area contributed by atoms with Crippen molar-refractivity contribution in [3.8, 4) is 11.5 Å². The van der Waals surface area contributed by atoms with Gasteiger partial charge in [0.15, 0.2) is 6.29 Å². The molecule has 0 unspecified atom stereocenters. The molecule has 0 radical (unpaired) electrons. The molecule has 7 nitrogen and oxygen atoms in total. The summed E-state index contributed by atoms with van der Waals surface area (Å²) in [7, 11) is 3.06. The highest BCUT2D eigenvalue weighted by Crippen LogP contribution is 2.22. The Hall–Kier alpha value is -2.61. The molecule has 26 heavy (non-hydrogen) atoms. The summed E-state index contributed by atoms with van der Waals surface area (Å²) in [6.07, 6.45) is -1.13. The zero-order valence-corrected chi connectivity index (χ0v) is 15.1. The molecule has 0 N–H and O–H groups in total. The van der Waals surface area contributed by atoms with E-state index >= 15 is 0 Å². The number of ether oxygens (including phenoxy) is 4. The average Bonchev–Trinajstić information content (AvgIpc) is 2.68. The van der Waals surface area contributed by atoms with E-state index in [1.165, 1.54) is 14.2 Å². The van der Waals surface area contributed by atoms with Gasteiger partial charge < -0.3 is 18.9 Å². The summed E-state index contributed by atoms with van der Waals surface area (Å²) in [6, 6.07) is 15.7. The van der Waals surface area contributed by atoms with Crippen molar-refractivity contribution in [2.75, 3.05) is 32.5 Å². The maximum Gasteiger partial charge on any atom is 0.444 e. The van der Waals surface area contributed by atoms with Gasteiger partial charge in [-0.25, -0.2) is 4.79 Å². The van der Waals surface area contributed by atoms with Crippen LogP contribution in [0.5, 0.6) is 11.5 Å². The molecular formula is C19H23NO6. The highest BCUT2D eigenvalue weighted by Gasteiger charge is 2.19. The highest BCUT2D eigenvalue weighted by molar-refractivity contribution is 5.86. The molecule has 0 heterocycles. The third-order valence-corrected chi connectivity index (χ3v) is 3.34. The van der Waals surface area contributed by atoms with E-state index in [9.17, 15) is 4.79 Å². The summed E-state index contributed by atoms with van der Waals surface area (Å²) in [4.78, 5) is 17.9. The molecule has 0 aliphatic heterocycles. The van der Waals surface area contributed by atoms with Crippen molar-refractivity contribution in [1.82, 2.24) is 0 Å². The van der Waals surface area contributed by atoms with Crippen molar-refractivity contribution in [3.05, 3.63) is 54.6 Å². The number of hydroxylamine groups is 1. The van der Waals surface area contributed by atoms with E-state index < -0.39 is 12.4 Å². The molecule has 2 aromatic carbocycles. The third kappa shape index (κ3) is 5.73. The first kappa shape index (κ1) is 19.7. The van der Waals surface area contributed by atoms with Crippen LogP contribution < -0.4 is 14.5 Å². The van der Waals surface area contributed by atoms with Gasteiger partial charge in [0.25, 0.3) is 0 Å². The molecule has 140 valence electrons. The number of methoxy groups -OCH3 is 2. The molecule has 0 fully saturated rings.